The van der Waals surface area contributed by atoms with Crippen molar-refractivity contribution in [1.29, 1.82) is 0 Å². The fourth-order valence-corrected chi connectivity index (χ4v) is 2.04. The van der Waals surface area contributed by atoms with Crippen LogP contribution in [0.3, 0.4) is 0 Å². The van der Waals surface area contributed by atoms with Crippen molar-refractivity contribution in [2.75, 3.05) is 26.2 Å². The van der Waals surface area contributed by atoms with Crippen LogP contribution in [0.5, 0.6) is 0 Å². The van der Waals surface area contributed by atoms with E-state index in [4.69, 9.17) is 0 Å². The van der Waals surface area contributed by atoms with E-state index in [1.165, 1.54) is 5.56 Å². The first kappa shape index (κ1) is 11.4. The second-order valence-corrected chi connectivity index (χ2v) is 4.36. The molecule has 0 aromatic heterocycles. The lowest BCUT2D eigenvalue weighted by molar-refractivity contribution is 0.193. The van der Waals surface area contributed by atoms with Crippen LogP contribution >= 0.6 is 0 Å². The Morgan fingerprint density at radius 3 is 2.94 bits per heavy atom. The van der Waals surface area contributed by atoms with E-state index in [9.17, 15) is 0 Å². The van der Waals surface area contributed by atoms with E-state index >= 15 is 0 Å². The van der Waals surface area contributed by atoms with Gasteiger partial charge in [-0.1, -0.05) is 42.5 Å². The predicted molar refractivity (Wildman–Crippen MR) is 69.4 cm³/mol. The Bertz CT molecular complexity index is 332. The number of hydrogen-bond acceptors (Lipinski definition) is 2. The van der Waals surface area contributed by atoms with Crippen molar-refractivity contribution in [3.63, 3.8) is 0 Å². The third-order valence-corrected chi connectivity index (χ3v) is 3.09. The Morgan fingerprint density at radius 2 is 2.19 bits per heavy atom. The van der Waals surface area contributed by atoms with E-state index in [1.54, 1.807) is 0 Å². The summed E-state index contributed by atoms with van der Waals surface area (Å²) >= 11 is 0. The Hall–Kier alpha value is -1.12. The second-order valence-electron chi connectivity index (χ2n) is 4.36. The quantitative estimate of drug-likeness (QED) is 0.831. The number of hydrogen-bond donors (Lipinski definition) is 1. The summed E-state index contributed by atoms with van der Waals surface area (Å²) in [6.45, 7) is 6.71. The van der Waals surface area contributed by atoms with Gasteiger partial charge in [-0.25, -0.2) is 0 Å². The van der Waals surface area contributed by atoms with Crippen LogP contribution in [0.25, 0.3) is 6.08 Å². The minimum absolute atomic E-state index is 0.647. The maximum absolute atomic E-state index is 3.41. The van der Waals surface area contributed by atoms with Crippen LogP contribution in [0, 0.1) is 0 Å². The van der Waals surface area contributed by atoms with Crippen LogP contribution in [-0.2, 0) is 0 Å². The van der Waals surface area contributed by atoms with Crippen molar-refractivity contribution in [2.45, 2.75) is 13.0 Å². The Balaban J connectivity index is 1.84. The first-order valence-corrected chi connectivity index (χ1v) is 6.02. The minimum Gasteiger partial charge on any atom is -0.314 e. The van der Waals surface area contributed by atoms with E-state index < -0.39 is 0 Å². The van der Waals surface area contributed by atoms with E-state index in [-0.39, 0.29) is 0 Å². The van der Waals surface area contributed by atoms with Crippen molar-refractivity contribution < 1.29 is 0 Å². The van der Waals surface area contributed by atoms with Crippen LogP contribution in [0.4, 0.5) is 0 Å². The van der Waals surface area contributed by atoms with Gasteiger partial charge in [0.15, 0.2) is 0 Å². The third-order valence-electron chi connectivity index (χ3n) is 3.09. The molecule has 0 bridgehead atoms. The second kappa shape index (κ2) is 5.83. The van der Waals surface area contributed by atoms with E-state index in [0.29, 0.717) is 6.04 Å². The van der Waals surface area contributed by atoms with Gasteiger partial charge in [-0.15, -0.1) is 0 Å². The molecule has 1 aromatic rings. The summed E-state index contributed by atoms with van der Waals surface area (Å²) in [4.78, 5) is 2.51. The number of nitrogens with one attached hydrogen (secondary N) is 1. The van der Waals surface area contributed by atoms with Crippen LogP contribution in [-0.4, -0.2) is 37.1 Å². The summed E-state index contributed by atoms with van der Waals surface area (Å²) in [7, 11) is 0. The standard InChI is InChI=1S/C14H20N2/c1-13-12-15-9-11-16(13)10-5-8-14-6-3-2-4-7-14/h2-8,13,15H,9-12H2,1H3/b8-5+/t13-/m1/s1. The molecule has 1 N–H and O–H groups in total. The van der Waals surface area contributed by atoms with Gasteiger partial charge in [0.05, 0.1) is 0 Å². The van der Waals surface area contributed by atoms with E-state index in [2.05, 4.69) is 59.6 Å². The SMILES string of the molecule is C[C@@H]1CNCCN1C/C=C/c1ccccc1. The van der Waals surface area contributed by atoms with Gasteiger partial charge < -0.3 is 5.32 Å². The fourth-order valence-electron chi connectivity index (χ4n) is 2.04. The molecule has 1 saturated heterocycles. The molecule has 2 nitrogen and oxygen atoms in total. The molecular formula is C14H20N2. The zero-order valence-corrected chi connectivity index (χ0v) is 9.89. The average molecular weight is 216 g/mol. The van der Waals surface area contributed by atoms with Crippen molar-refractivity contribution in [3.8, 4) is 0 Å². The third kappa shape index (κ3) is 3.19. The molecule has 16 heavy (non-hydrogen) atoms. The van der Waals surface area contributed by atoms with Crippen LogP contribution in [0.2, 0.25) is 0 Å². The maximum Gasteiger partial charge on any atom is 0.0196 e. The normalized spacial score (nSPS) is 22.7. The Labute approximate surface area is 98.0 Å². The van der Waals surface area contributed by atoms with Gasteiger partial charge in [0.1, 0.15) is 0 Å². The van der Waals surface area contributed by atoms with Crippen LogP contribution in [0.1, 0.15) is 12.5 Å². The summed E-state index contributed by atoms with van der Waals surface area (Å²) in [5, 5.41) is 3.41. The highest BCUT2D eigenvalue weighted by Crippen LogP contribution is 2.04. The van der Waals surface area contributed by atoms with Gasteiger partial charge in [0, 0.05) is 32.2 Å². The minimum atomic E-state index is 0.647. The van der Waals surface area contributed by atoms with Gasteiger partial charge in [-0.05, 0) is 12.5 Å². The van der Waals surface area contributed by atoms with E-state index in [0.717, 1.165) is 26.2 Å². The van der Waals surface area contributed by atoms with E-state index in [1.807, 2.05) is 0 Å². The zero-order valence-electron chi connectivity index (χ0n) is 9.89. The fraction of sp³-hybridized carbons (Fsp3) is 0.429. The topological polar surface area (TPSA) is 15.3 Å². The Morgan fingerprint density at radius 1 is 1.38 bits per heavy atom. The number of piperazine rings is 1. The molecule has 2 rings (SSSR count). The van der Waals surface area contributed by atoms with Gasteiger partial charge in [-0.2, -0.15) is 0 Å². The average Bonchev–Trinajstić information content (AvgIpc) is 2.33. The summed E-state index contributed by atoms with van der Waals surface area (Å²) in [6, 6.07) is 11.1. The Kier molecular flexibility index (Phi) is 4.14. The van der Waals surface area contributed by atoms with Crippen molar-refractivity contribution in [1.82, 2.24) is 10.2 Å². The van der Waals surface area contributed by atoms with Crippen molar-refractivity contribution in [2.24, 2.45) is 0 Å². The lowest BCUT2D eigenvalue weighted by Gasteiger charge is -2.32. The van der Waals surface area contributed by atoms with Crippen LogP contribution < -0.4 is 5.32 Å². The molecule has 1 aliphatic rings. The maximum atomic E-state index is 3.41. The molecule has 0 unspecified atom stereocenters. The molecule has 0 aliphatic carbocycles. The highest BCUT2D eigenvalue weighted by Gasteiger charge is 2.15. The molecule has 1 aliphatic heterocycles. The van der Waals surface area contributed by atoms with Gasteiger partial charge in [0.25, 0.3) is 0 Å². The highest BCUT2D eigenvalue weighted by atomic mass is 15.2. The predicted octanol–water partition coefficient (Wildman–Crippen LogP) is 1.99. The molecule has 86 valence electrons. The summed E-state index contributed by atoms with van der Waals surface area (Å²) in [5.74, 6) is 0. The van der Waals surface area contributed by atoms with Gasteiger partial charge in [0.2, 0.25) is 0 Å². The molecule has 1 fully saturated rings. The first-order valence-electron chi connectivity index (χ1n) is 6.02. The molecule has 0 amide bonds. The molecule has 1 atom stereocenters. The lowest BCUT2D eigenvalue weighted by atomic mass is 10.2. The largest absolute Gasteiger partial charge is 0.314 e. The molecule has 0 radical (unpaired) electrons. The molecule has 0 spiro atoms. The summed E-state index contributed by atoms with van der Waals surface area (Å²) in [5.41, 5.74) is 1.28. The molecular weight excluding hydrogens is 196 g/mol. The molecule has 1 aromatic carbocycles. The number of rotatable bonds is 3. The summed E-state index contributed by atoms with van der Waals surface area (Å²) < 4.78 is 0. The molecule has 2 heteroatoms. The molecule has 0 saturated carbocycles. The zero-order chi connectivity index (χ0) is 11.2. The smallest absolute Gasteiger partial charge is 0.0196 e. The summed E-state index contributed by atoms with van der Waals surface area (Å²) in [6.07, 6.45) is 4.46. The lowest BCUT2D eigenvalue weighted by Crippen LogP contribution is -2.49. The number of nitrogens with zero attached hydrogens (tertiary/aromatic N) is 1. The van der Waals surface area contributed by atoms with Crippen molar-refractivity contribution in [3.05, 3.63) is 42.0 Å². The highest BCUT2D eigenvalue weighted by molar-refractivity contribution is 5.48. The van der Waals surface area contributed by atoms with Crippen LogP contribution in [0.15, 0.2) is 36.4 Å². The van der Waals surface area contributed by atoms with Gasteiger partial charge >= 0.3 is 0 Å². The number of benzene rings is 1. The van der Waals surface area contributed by atoms with Gasteiger partial charge in [-0.3, -0.25) is 4.90 Å². The monoisotopic (exact) mass is 216 g/mol. The first-order chi connectivity index (χ1) is 7.86. The van der Waals surface area contributed by atoms with Crippen molar-refractivity contribution >= 4 is 6.08 Å². The molecule has 1 heterocycles.